The van der Waals surface area contributed by atoms with Gasteiger partial charge in [-0.05, 0) is 50.6 Å². The van der Waals surface area contributed by atoms with Crippen molar-refractivity contribution in [3.05, 3.63) is 43.8 Å². The van der Waals surface area contributed by atoms with Crippen LogP contribution in [0.2, 0.25) is 0 Å². The van der Waals surface area contributed by atoms with E-state index in [1.807, 2.05) is 19.1 Å². The van der Waals surface area contributed by atoms with E-state index < -0.39 is 0 Å². The summed E-state index contributed by atoms with van der Waals surface area (Å²) < 4.78 is 6.92. The Bertz CT molecular complexity index is 549. The van der Waals surface area contributed by atoms with Crippen LogP contribution in [-0.4, -0.2) is 11.5 Å². The lowest BCUT2D eigenvalue weighted by atomic mass is 10.1. The normalized spacial score (nSPS) is 10.7. The van der Waals surface area contributed by atoms with Gasteiger partial charge in [-0.3, -0.25) is 0 Å². The van der Waals surface area contributed by atoms with Crippen LogP contribution in [0.5, 0.6) is 5.75 Å². The molecular formula is C14H17BrN2OS. The van der Waals surface area contributed by atoms with Gasteiger partial charge in [-0.15, -0.1) is 11.3 Å². The summed E-state index contributed by atoms with van der Waals surface area (Å²) in [4.78, 5) is 5.72. The molecule has 2 aromatic rings. The molecule has 2 N–H and O–H groups in total. The second kappa shape index (κ2) is 6.50. The zero-order chi connectivity index (χ0) is 13.8. The quantitative estimate of drug-likeness (QED) is 0.904. The van der Waals surface area contributed by atoms with Crippen LogP contribution in [0.1, 0.15) is 21.1 Å². The molecule has 3 nitrogen and oxygen atoms in total. The van der Waals surface area contributed by atoms with Crippen LogP contribution in [0, 0.1) is 13.8 Å². The monoisotopic (exact) mass is 340 g/mol. The zero-order valence-corrected chi connectivity index (χ0v) is 13.5. The Morgan fingerprint density at radius 3 is 2.79 bits per heavy atom. The number of ether oxygens (including phenoxy) is 1. The predicted molar refractivity (Wildman–Crippen MR) is 82.8 cm³/mol. The number of benzene rings is 1. The highest BCUT2D eigenvalue weighted by Gasteiger charge is 2.07. The molecule has 0 fully saturated rings. The third-order valence-corrected chi connectivity index (χ3v) is 4.40. The first kappa shape index (κ1) is 14.5. The van der Waals surface area contributed by atoms with Crippen LogP contribution in [0.15, 0.2) is 22.7 Å². The van der Waals surface area contributed by atoms with E-state index in [4.69, 9.17) is 10.5 Å². The predicted octanol–water partition coefficient (Wildman–Crippen LogP) is 3.60. The molecule has 5 heteroatoms. The van der Waals surface area contributed by atoms with E-state index in [0.29, 0.717) is 13.2 Å². The number of aromatic nitrogens is 1. The van der Waals surface area contributed by atoms with Gasteiger partial charge in [0.15, 0.2) is 0 Å². The van der Waals surface area contributed by atoms with E-state index in [-0.39, 0.29) is 0 Å². The molecule has 1 aromatic heterocycles. The molecular weight excluding hydrogens is 324 g/mol. The standard InChI is InChI=1S/C14H17BrN2OS/c1-9-10(2)19-14(17-9)8-18-13-4-3-12(15)7-11(13)5-6-16/h3-4,7H,5-6,8,16H2,1-2H3. The molecule has 0 amide bonds. The minimum absolute atomic E-state index is 0.512. The van der Waals surface area contributed by atoms with Gasteiger partial charge in [-0.1, -0.05) is 15.9 Å². The van der Waals surface area contributed by atoms with Crippen molar-refractivity contribution in [1.29, 1.82) is 0 Å². The van der Waals surface area contributed by atoms with Crippen molar-refractivity contribution in [3.63, 3.8) is 0 Å². The number of nitrogens with two attached hydrogens (primary N) is 1. The second-order valence-electron chi connectivity index (χ2n) is 4.33. The second-order valence-corrected chi connectivity index (χ2v) is 6.53. The summed E-state index contributed by atoms with van der Waals surface area (Å²) in [5.74, 6) is 0.888. The van der Waals surface area contributed by atoms with Crippen LogP contribution in [0.3, 0.4) is 0 Å². The smallest absolute Gasteiger partial charge is 0.140 e. The number of hydrogen-bond acceptors (Lipinski definition) is 4. The molecule has 19 heavy (non-hydrogen) atoms. The lowest BCUT2D eigenvalue weighted by molar-refractivity contribution is 0.302. The average Bonchev–Trinajstić information content (AvgIpc) is 2.68. The lowest BCUT2D eigenvalue weighted by Gasteiger charge is -2.10. The summed E-state index contributed by atoms with van der Waals surface area (Å²) >= 11 is 5.15. The highest BCUT2D eigenvalue weighted by molar-refractivity contribution is 9.10. The van der Waals surface area contributed by atoms with Crippen LogP contribution < -0.4 is 10.5 Å². The zero-order valence-electron chi connectivity index (χ0n) is 11.1. The molecule has 2 rings (SSSR count). The van der Waals surface area contributed by atoms with Crippen molar-refractivity contribution in [2.75, 3.05) is 6.54 Å². The van der Waals surface area contributed by atoms with Crippen LogP contribution >= 0.6 is 27.3 Å². The van der Waals surface area contributed by atoms with Crippen molar-refractivity contribution in [2.24, 2.45) is 5.73 Å². The lowest BCUT2D eigenvalue weighted by Crippen LogP contribution is -2.05. The molecule has 0 spiro atoms. The third kappa shape index (κ3) is 3.78. The molecule has 0 atom stereocenters. The summed E-state index contributed by atoms with van der Waals surface area (Å²) in [5.41, 5.74) is 7.84. The van der Waals surface area contributed by atoms with Gasteiger partial charge in [-0.25, -0.2) is 4.98 Å². The van der Waals surface area contributed by atoms with Gasteiger partial charge >= 0.3 is 0 Å². The van der Waals surface area contributed by atoms with Crippen molar-refractivity contribution in [2.45, 2.75) is 26.9 Å². The third-order valence-electron chi connectivity index (χ3n) is 2.86. The molecule has 1 aromatic carbocycles. The maximum atomic E-state index is 5.87. The SMILES string of the molecule is Cc1nc(COc2ccc(Br)cc2CCN)sc1C. The molecule has 0 saturated heterocycles. The van der Waals surface area contributed by atoms with E-state index >= 15 is 0 Å². The van der Waals surface area contributed by atoms with Crippen molar-refractivity contribution in [3.8, 4) is 5.75 Å². The van der Waals surface area contributed by atoms with E-state index in [1.165, 1.54) is 4.88 Å². The Kier molecular flexibility index (Phi) is 4.96. The fraction of sp³-hybridized carbons (Fsp3) is 0.357. The minimum Gasteiger partial charge on any atom is -0.486 e. The summed E-state index contributed by atoms with van der Waals surface area (Å²) in [5, 5.41) is 1.01. The van der Waals surface area contributed by atoms with Gasteiger partial charge in [0.05, 0.1) is 5.69 Å². The van der Waals surface area contributed by atoms with E-state index in [9.17, 15) is 0 Å². The van der Waals surface area contributed by atoms with E-state index in [1.54, 1.807) is 11.3 Å². The summed E-state index contributed by atoms with van der Waals surface area (Å²) in [6.07, 6.45) is 0.810. The van der Waals surface area contributed by atoms with Gasteiger partial charge in [0.25, 0.3) is 0 Å². The molecule has 0 unspecified atom stereocenters. The molecule has 0 aliphatic carbocycles. The van der Waals surface area contributed by atoms with Crippen LogP contribution in [0.4, 0.5) is 0 Å². The molecule has 0 saturated carbocycles. The Hall–Kier alpha value is -0.910. The largest absolute Gasteiger partial charge is 0.486 e. The van der Waals surface area contributed by atoms with Crippen molar-refractivity contribution >= 4 is 27.3 Å². The summed E-state index contributed by atoms with van der Waals surface area (Å²) in [6.45, 7) is 5.23. The summed E-state index contributed by atoms with van der Waals surface area (Å²) in [7, 11) is 0. The topological polar surface area (TPSA) is 48.1 Å². The molecule has 0 radical (unpaired) electrons. The Morgan fingerprint density at radius 1 is 1.37 bits per heavy atom. The summed E-state index contributed by atoms with van der Waals surface area (Å²) in [6, 6.07) is 6.01. The van der Waals surface area contributed by atoms with Crippen LogP contribution in [-0.2, 0) is 13.0 Å². The van der Waals surface area contributed by atoms with Gasteiger partial charge in [0.2, 0.25) is 0 Å². The number of hydrogen-bond donors (Lipinski definition) is 1. The van der Waals surface area contributed by atoms with Crippen molar-refractivity contribution in [1.82, 2.24) is 4.98 Å². The number of halogens is 1. The number of nitrogens with zero attached hydrogens (tertiary/aromatic N) is 1. The minimum atomic E-state index is 0.512. The molecule has 0 aliphatic heterocycles. The Balaban J connectivity index is 2.10. The molecule has 1 heterocycles. The number of aryl methyl sites for hydroxylation is 2. The number of thiazole rings is 1. The Labute approximate surface area is 125 Å². The highest BCUT2D eigenvalue weighted by Crippen LogP contribution is 2.25. The molecule has 0 bridgehead atoms. The van der Waals surface area contributed by atoms with Gasteiger partial charge in [-0.2, -0.15) is 0 Å². The number of rotatable bonds is 5. The first-order valence-electron chi connectivity index (χ1n) is 6.14. The van der Waals surface area contributed by atoms with Gasteiger partial charge in [0, 0.05) is 9.35 Å². The van der Waals surface area contributed by atoms with Crippen molar-refractivity contribution < 1.29 is 4.74 Å². The maximum Gasteiger partial charge on any atom is 0.140 e. The average molecular weight is 341 g/mol. The van der Waals surface area contributed by atoms with Gasteiger partial charge in [0.1, 0.15) is 17.4 Å². The highest BCUT2D eigenvalue weighted by atomic mass is 79.9. The van der Waals surface area contributed by atoms with Gasteiger partial charge < -0.3 is 10.5 Å². The fourth-order valence-electron chi connectivity index (χ4n) is 1.78. The maximum absolute atomic E-state index is 5.87. The first-order chi connectivity index (χ1) is 9.10. The Morgan fingerprint density at radius 2 is 2.16 bits per heavy atom. The fourth-order valence-corrected chi connectivity index (χ4v) is 3.04. The first-order valence-corrected chi connectivity index (χ1v) is 7.75. The van der Waals surface area contributed by atoms with E-state index in [0.717, 1.165) is 32.9 Å². The van der Waals surface area contributed by atoms with E-state index in [2.05, 4.69) is 33.9 Å². The molecule has 102 valence electrons. The van der Waals surface area contributed by atoms with Crippen LogP contribution in [0.25, 0.3) is 0 Å². The molecule has 0 aliphatic rings.